The van der Waals surface area contributed by atoms with E-state index in [0.717, 1.165) is 61.5 Å². The molecule has 2 aromatic heterocycles. The van der Waals surface area contributed by atoms with Crippen molar-refractivity contribution in [2.75, 3.05) is 19.6 Å². The normalized spacial score (nSPS) is 20.4. The summed E-state index contributed by atoms with van der Waals surface area (Å²) in [7, 11) is 0. The first-order valence-electron chi connectivity index (χ1n) is 9.12. The minimum absolute atomic E-state index is 0. The second-order valence-corrected chi connectivity index (χ2v) is 8.08. The molecule has 0 radical (unpaired) electrons. The van der Waals surface area contributed by atoms with E-state index in [1.54, 1.807) is 0 Å². The topological polar surface area (TPSA) is 67.2 Å². The van der Waals surface area contributed by atoms with Crippen LogP contribution in [0.2, 0.25) is 0 Å². The van der Waals surface area contributed by atoms with Crippen LogP contribution >= 0.6 is 23.7 Å². The molecule has 2 aliphatic heterocycles. The third kappa shape index (κ3) is 3.17. The lowest BCUT2D eigenvalue weighted by atomic mass is 10.1. The van der Waals surface area contributed by atoms with Crippen LogP contribution in [0.25, 0.3) is 10.2 Å². The Morgan fingerprint density at radius 2 is 2.08 bits per heavy atom. The molecule has 1 fully saturated rings. The van der Waals surface area contributed by atoms with E-state index in [1.165, 1.54) is 11.3 Å². The lowest BCUT2D eigenvalue weighted by Crippen LogP contribution is -2.52. The zero-order valence-corrected chi connectivity index (χ0v) is 16.8. The fraction of sp³-hybridized carbons (Fsp3) is 0.611. The largest absolute Gasteiger partial charge is 0.333 e. The summed E-state index contributed by atoms with van der Waals surface area (Å²) in [6.07, 6.45) is 4.08. The Bertz CT molecular complexity index is 891. The van der Waals surface area contributed by atoms with Gasteiger partial charge in [0, 0.05) is 38.6 Å². The zero-order valence-electron chi connectivity index (χ0n) is 15.2. The van der Waals surface area contributed by atoms with Crippen LogP contribution in [0.4, 0.5) is 0 Å². The van der Waals surface area contributed by atoms with Gasteiger partial charge in [-0.2, -0.15) is 0 Å². The number of fused-ring (bicyclic) bond motifs is 2. The van der Waals surface area contributed by atoms with Crippen LogP contribution in [0.5, 0.6) is 0 Å². The lowest BCUT2D eigenvalue weighted by Gasteiger charge is -2.33. The van der Waals surface area contributed by atoms with E-state index in [-0.39, 0.29) is 29.9 Å². The van der Waals surface area contributed by atoms with Crippen LogP contribution in [-0.2, 0) is 13.0 Å². The molecule has 26 heavy (non-hydrogen) atoms. The van der Waals surface area contributed by atoms with Crippen molar-refractivity contribution >= 4 is 39.9 Å². The predicted octanol–water partition coefficient (Wildman–Crippen LogP) is 2.35. The minimum Gasteiger partial charge on any atom is -0.333 e. The molecule has 0 saturated carbocycles. The number of hydrogen-bond acceptors (Lipinski definition) is 5. The van der Waals surface area contributed by atoms with Gasteiger partial charge in [0.05, 0.1) is 10.3 Å². The fourth-order valence-electron chi connectivity index (χ4n) is 3.89. The molecule has 6 nitrogen and oxygen atoms in total. The fourth-order valence-corrected chi connectivity index (χ4v) is 5.03. The van der Waals surface area contributed by atoms with Gasteiger partial charge in [0.2, 0.25) is 0 Å². The number of nitrogens with zero attached hydrogens (tertiary/aromatic N) is 3. The van der Waals surface area contributed by atoms with E-state index in [4.69, 9.17) is 4.98 Å². The van der Waals surface area contributed by atoms with Gasteiger partial charge < -0.3 is 10.2 Å². The molecule has 0 aliphatic carbocycles. The first kappa shape index (κ1) is 19.3. The number of carbonyl (C=O) groups excluding carboxylic acids is 1. The molecule has 0 unspecified atom stereocenters. The Morgan fingerprint density at radius 3 is 2.85 bits per heavy atom. The van der Waals surface area contributed by atoms with Gasteiger partial charge in [-0.05, 0) is 32.3 Å². The maximum absolute atomic E-state index is 13.1. The van der Waals surface area contributed by atoms with Crippen LogP contribution in [0, 0.1) is 6.92 Å². The summed E-state index contributed by atoms with van der Waals surface area (Å²) in [4.78, 5) is 34.2. The second-order valence-electron chi connectivity index (χ2n) is 7.08. The van der Waals surface area contributed by atoms with Gasteiger partial charge in [0.25, 0.3) is 11.5 Å². The number of carbonyl (C=O) groups is 1. The molecular weight excluding hydrogens is 372 g/mol. The van der Waals surface area contributed by atoms with Gasteiger partial charge in [0.15, 0.2) is 0 Å². The summed E-state index contributed by atoms with van der Waals surface area (Å²) in [5.41, 5.74) is 0.829. The number of hydrogen-bond donors (Lipinski definition) is 1. The summed E-state index contributed by atoms with van der Waals surface area (Å²) < 4.78 is 1.83. The quantitative estimate of drug-likeness (QED) is 0.803. The standard InChI is InChI=1S/C18H24N4O2S.ClH/c1-11-10-19-7-9-21(11)18(24)15-12(2)14-16(25-15)20-13-6-4-3-5-8-22(13)17(14)23;/h11,19H,3-10H2,1-2H3;1H/t11-;/m0./s1. The van der Waals surface area contributed by atoms with Crippen molar-refractivity contribution in [1.29, 1.82) is 0 Å². The third-order valence-corrected chi connectivity index (χ3v) is 6.54. The molecule has 0 spiro atoms. The number of piperazine rings is 1. The Balaban J connectivity index is 0.00000196. The van der Waals surface area contributed by atoms with Crippen molar-refractivity contribution in [2.24, 2.45) is 0 Å². The molecule has 1 amide bonds. The Morgan fingerprint density at radius 1 is 1.27 bits per heavy atom. The molecule has 0 aromatic carbocycles. The van der Waals surface area contributed by atoms with E-state index in [9.17, 15) is 9.59 Å². The lowest BCUT2D eigenvalue weighted by molar-refractivity contribution is 0.0660. The van der Waals surface area contributed by atoms with E-state index in [1.807, 2.05) is 16.4 Å². The minimum atomic E-state index is 0. The molecule has 1 saturated heterocycles. The number of aromatic nitrogens is 2. The van der Waals surface area contributed by atoms with E-state index in [2.05, 4.69) is 12.2 Å². The van der Waals surface area contributed by atoms with Crippen molar-refractivity contribution in [3.05, 3.63) is 26.6 Å². The highest BCUT2D eigenvalue weighted by atomic mass is 35.5. The SMILES string of the molecule is Cc1c(C(=O)N2CCNC[C@@H]2C)sc2nc3n(c(=O)c12)CCCCC3.Cl. The van der Waals surface area contributed by atoms with Crippen molar-refractivity contribution in [2.45, 2.75) is 52.1 Å². The molecule has 8 heteroatoms. The number of rotatable bonds is 1. The predicted molar refractivity (Wildman–Crippen MR) is 107 cm³/mol. The summed E-state index contributed by atoms with van der Waals surface area (Å²) in [5, 5.41) is 3.95. The maximum Gasteiger partial charge on any atom is 0.264 e. The van der Waals surface area contributed by atoms with Gasteiger partial charge in [-0.1, -0.05) is 6.42 Å². The van der Waals surface area contributed by atoms with Crippen molar-refractivity contribution in [3.8, 4) is 0 Å². The smallest absolute Gasteiger partial charge is 0.264 e. The van der Waals surface area contributed by atoms with Gasteiger partial charge in [-0.25, -0.2) is 4.98 Å². The highest BCUT2D eigenvalue weighted by Gasteiger charge is 2.28. The van der Waals surface area contributed by atoms with Gasteiger partial charge in [-0.15, -0.1) is 23.7 Å². The molecule has 4 rings (SSSR count). The van der Waals surface area contributed by atoms with Crippen molar-refractivity contribution in [3.63, 3.8) is 0 Å². The van der Waals surface area contributed by atoms with Crippen LogP contribution in [0.1, 0.15) is 47.2 Å². The molecule has 4 heterocycles. The van der Waals surface area contributed by atoms with Crippen LogP contribution < -0.4 is 10.9 Å². The summed E-state index contributed by atoms with van der Waals surface area (Å²) in [6.45, 7) is 7.02. The highest BCUT2D eigenvalue weighted by Crippen LogP contribution is 2.30. The van der Waals surface area contributed by atoms with Crippen LogP contribution in [0.3, 0.4) is 0 Å². The van der Waals surface area contributed by atoms with E-state index in [0.29, 0.717) is 16.8 Å². The maximum atomic E-state index is 13.1. The van der Waals surface area contributed by atoms with E-state index >= 15 is 0 Å². The Labute approximate surface area is 163 Å². The number of amides is 1. The summed E-state index contributed by atoms with van der Waals surface area (Å²) in [5.74, 6) is 0.917. The average Bonchev–Trinajstić information content (AvgIpc) is 2.78. The monoisotopic (exact) mass is 396 g/mol. The van der Waals surface area contributed by atoms with E-state index < -0.39 is 0 Å². The van der Waals surface area contributed by atoms with Crippen LogP contribution in [-0.4, -0.2) is 46.0 Å². The Hall–Kier alpha value is -1.44. The summed E-state index contributed by atoms with van der Waals surface area (Å²) >= 11 is 1.39. The average molecular weight is 397 g/mol. The second kappa shape index (κ2) is 7.66. The number of thiophene rings is 1. The van der Waals surface area contributed by atoms with Gasteiger partial charge in [-0.3, -0.25) is 14.2 Å². The molecular formula is C18H25ClN4O2S. The van der Waals surface area contributed by atoms with Crippen molar-refractivity contribution in [1.82, 2.24) is 19.8 Å². The number of halogens is 1. The first-order chi connectivity index (χ1) is 12.1. The number of nitrogens with one attached hydrogen (secondary N) is 1. The molecule has 0 bridgehead atoms. The molecule has 142 valence electrons. The van der Waals surface area contributed by atoms with Crippen molar-refractivity contribution < 1.29 is 4.79 Å². The van der Waals surface area contributed by atoms with Gasteiger partial charge in [0.1, 0.15) is 10.7 Å². The molecule has 1 atom stereocenters. The molecule has 1 N–H and O–H groups in total. The van der Waals surface area contributed by atoms with Gasteiger partial charge >= 0.3 is 0 Å². The Kier molecular flexibility index (Phi) is 5.69. The summed E-state index contributed by atoms with van der Waals surface area (Å²) in [6, 6.07) is 0.164. The zero-order chi connectivity index (χ0) is 17.6. The first-order valence-corrected chi connectivity index (χ1v) is 9.94. The number of aryl methyl sites for hydroxylation is 2. The highest BCUT2D eigenvalue weighted by molar-refractivity contribution is 7.20. The molecule has 2 aliphatic rings. The molecule has 2 aromatic rings. The third-order valence-electron chi connectivity index (χ3n) is 5.37. The van der Waals surface area contributed by atoms with Crippen LogP contribution in [0.15, 0.2) is 4.79 Å².